The van der Waals surface area contributed by atoms with Crippen LogP contribution in [0.15, 0.2) is 24.3 Å². The van der Waals surface area contributed by atoms with Crippen molar-refractivity contribution in [2.24, 2.45) is 0 Å². The molecule has 0 spiro atoms. The van der Waals surface area contributed by atoms with Gasteiger partial charge in [0.2, 0.25) is 0 Å². The molecule has 0 heterocycles. The Labute approximate surface area is 159 Å². The number of aliphatic hydroxyl groups is 1. The van der Waals surface area contributed by atoms with Crippen molar-refractivity contribution >= 4 is 11.9 Å². The first-order valence-corrected chi connectivity index (χ1v) is 8.47. The summed E-state index contributed by atoms with van der Waals surface area (Å²) in [6.45, 7) is 3.27. The maximum Gasteiger partial charge on any atom is 0.414 e. The van der Waals surface area contributed by atoms with Gasteiger partial charge in [-0.25, -0.2) is 9.59 Å². The van der Waals surface area contributed by atoms with Crippen LogP contribution in [0.25, 0.3) is 0 Å². The third-order valence-corrected chi connectivity index (χ3v) is 3.28. The molecule has 0 aliphatic rings. The molecule has 1 unspecified atom stereocenters. The molecule has 27 heavy (non-hydrogen) atoms. The number of nitrogens with zero attached hydrogens (tertiary/aromatic N) is 1. The highest BCUT2D eigenvalue weighted by Crippen LogP contribution is 2.17. The number of methoxy groups -OCH3 is 1. The Morgan fingerprint density at radius 3 is 2.37 bits per heavy atom. The SMILES string of the molecule is COc1ccccc1COCC(O)CNCCCN(C)C.O=C(O)C(=O)O. The predicted octanol–water partition coefficient (Wildman–Crippen LogP) is 0.270. The molecule has 9 nitrogen and oxygen atoms in total. The summed E-state index contributed by atoms with van der Waals surface area (Å²) < 4.78 is 10.8. The van der Waals surface area contributed by atoms with Crippen molar-refractivity contribution in [3.8, 4) is 5.75 Å². The zero-order chi connectivity index (χ0) is 20.7. The summed E-state index contributed by atoms with van der Waals surface area (Å²) in [5, 5.41) is 27.8. The Bertz CT molecular complexity index is 540. The van der Waals surface area contributed by atoms with Crippen molar-refractivity contribution in [1.29, 1.82) is 0 Å². The molecule has 1 atom stereocenters. The van der Waals surface area contributed by atoms with Crippen LogP contribution in [0.2, 0.25) is 0 Å². The number of ether oxygens (including phenoxy) is 2. The van der Waals surface area contributed by atoms with Gasteiger partial charge in [0.05, 0.1) is 26.4 Å². The Morgan fingerprint density at radius 1 is 1.19 bits per heavy atom. The van der Waals surface area contributed by atoms with E-state index in [1.165, 1.54) is 0 Å². The molecular weight excluding hydrogens is 356 g/mol. The minimum atomic E-state index is -1.82. The summed E-state index contributed by atoms with van der Waals surface area (Å²) in [5.41, 5.74) is 0.992. The second-order valence-corrected chi connectivity index (χ2v) is 5.95. The first-order valence-electron chi connectivity index (χ1n) is 8.47. The average molecular weight is 386 g/mol. The summed E-state index contributed by atoms with van der Waals surface area (Å²) in [6, 6.07) is 7.74. The lowest BCUT2D eigenvalue weighted by Gasteiger charge is -2.14. The highest BCUT2D eigenvalue weighted by molar-refractivity contribution is 6.27. The number of carbonyl (C=O) groups is 2. The number of carboxylic acid groups (broad SMARTS) is 2. The van der Waals surface area contributed by atoms with Gasteiger partial charge in [-0.05, 0) is 39.7 Å². The van der Waals surface area contributed by atoms with Crippen LogP contribution in [0, 0.1) is 0 Å². The second-order valence-electron chi connectivity index (χ2n) is 5.95. The van der Waals surface area contributed by atoms with E-state index in [1.807, 2.05) is 24.3 Å². The van der Waals surface area contributed by atoms with Crippen molar-refractivity contribution in [2.75, 3.05) is 47.4 Å². The molecular formula is C18H30N2O7. The van der Waals surface area contributed by atoms with Gasteiger partial charge in [-0.2, -0.15) is 0 Å². The normalized spacial score (nSPS) is 11.4. The van der Waals surface area contributed by atoms with Gasteiger partial charge in [-0.1, -0.05) is 18.2 Å². The fraction of sp³-hybridized carbons (Fsp3) is 0.556. The minimum Gasteiger partial charge on any atom is -0.496 e. The van der Waals surface area contributed by atoms with Gasteiger partial charge in [-0.3, -0.25) is 0 Å². The standard InChI is InChI=1S/C16H28N2O3.C2H2O4/c1-18(2)10-6-9-17-11-15(19)13-21-12-14-7-4-5-8-16(14)20-3;3-1(4)2(5)6/h4-5,7-8,15,17,19H,6,9-13H2,1-3H3;(H,3,4)(H,5,6). The molecule has 1 aromatic carbocycles. The van der Waals surface area contributed by atoms with Crippen molar-refractivity contribution in [3.05, 3.63) is 29.8 Å². The van der Waals surface area contributed by atoms with Gasteiger partial charge >= 0.3 is 11.9 Å². The number of nitrogens with one attached hydrogen (secondary N) is 1. The van der Waals surface area contributed by atoms with E-state index < -0.39 is 18.0 Å². The van der Waals surface area contributed by atoms with Gasteiger partial charge in [0.15, 0.2) is 0 Å². The van der Waals surface area contributed by atoms with Crippen LogP contribution in [0.4, 0.5) is 0 Å². The molecule has 0 saturated carbocycles. The van der Waals surface area contributed by atoms with Crippen LogP contribution in [-0.4, -0.2) is 85.7 Å². The van der Waals surface area contributed by atoms with E-state index in [-0.39, 0.29) is 0 Å². The maximum atomic E-state index is 9.83. The maximum absolute atomic E-state index is 9.83. The average Bonchev–Trinajstić information content (AvgIpc) is 2.62. The number of para-hydroxylation sites is 1. The van der Waals surface area contributed by atoms with Crippen LogP contribution in [0.3, 0.4) is 0 Å². The topological polar surface area (TPSA) is 129 Å². The lowest BCUT2D eigenvalue weighted by atomic mass is 10.2. The first-order chi connectivity index (χ1) is 12.8. The number of aliphatic hydroxyl groups excluding tert-OH is 1. The van der Waals surface area contributed by atoms with Crippen LogP contribution in [0.5, 0.6) is 5.75 Å². The van der Waals surface area contributed by atoms with Gasteiger partial charge in [0.1, 0.15) is 5.75 Å². The largest absolute Gasteiger partial charge is 0.496 e. The summed E-state index contributed by atoms with van der Waals surface area (Å²) >= 11 is 0. The highest BCUT2D eigenvalue weighted by atomic mass is 16.5. The van der Waals surface area contributed by atoms with Gasteiger partial charge in [0, 0.05) is 12.1 Å². The van der Waals surface area contributed by atoms with Crippen LogP contribution in [-0.2, 0) is 20.9 Å². The van der Waals surface area contributed by atoms with Crippen LogP contribution in [0.1, 0.15) is 12.0 Å². The molecule has 154 valence electrons. The fourth-order valence-electron chi connectivity index (χ4n) is 1.98. The van der Waals surface area contributed by atoms with Crippen molar-refractivity contribution < 1.29 is 34.4 Å². The second kappa shape index (κ2) is 14.9. The first kappa shape index (κ1) is 24.8. The van der Waals surface area contributed by atoms with Crippen LogP contribution >= 0.6 is 0 Å². The third-order valence-electron chi connectivity index (χ3n) is 3.28. The number of aliphatic carboxylic acids is 2. The Morgan fingerprint density at radius 2 is 1.81 bits per heavy atom. The Kier molecular flexibility index (Phi) is 13.7. The van der Waals surface area contributed by atoms with Gasteiger partial charge in [-0.15, -0.1) is 0 Å². The van der Waals surface area contributed by atoms with E-state index in [4.69, 9.17) is 29.3 Å². The number of benzene rings is 1. The van der Waals surface area contributed by atoms with E-state index >= 15 is 0 Å². The quantitative estimate of drug-likeness (QED) is 0.313. The molecule has 0 radical (unpaired) electrons. The molecule has 0 aromatic heterocycles. The monoisotopic (exact) mass is 386 g/mol. The van der Waals surface area contributed by atoms with E-state index in [1.54, 1.807) is 7.11 Å². The van der Waals surface area contributed by atoms with E-state index in [9.17, 15) is 5.11 Å². The van der Waals surface area contributed by atoms with Crippen LogP contribution < -0.4 is 10.1 Å². The van der Waals surface area contributed by atoms with Gasteiger partial charge < -0.3 is 35.0 Å². The lowest BCUT2D eigenvalue weighted by Crippen LogP contribution is -2.32. The summed E-state index contributed by atoms with van der Waals surface area (Å²) in [7, 11) is 5.76. The van der Waals surface area contributed by atoms with Crippen molar-refractivity contribution in [1.82, 2.24) is 10.2 Å². The van der Waals surface area contributed by atoms with Gasteiger partial charge in [0.25, 0.3) is 0 Å². The van der Waals surface area contributed by atoms with Crippen molar-refractivity contribution in [2.45, 2.75) is 19.1 Å². The fourth-order valence-corrected chi connectivity index (χ4v) is 1.98. The van der Waals surface area contributed by atoms with E-state index in [0.29, 0.717) is 19.8 Å². The molecule has 4 N–H and O–H groups in total. The Hall–Kier alpha value is -2.20. The number of hydrogen-bond acceptors (Lipinski definition) is 7. The predicted molar refractivity (Wildman–Crippen MR) is 100.0 cm³/mol. The molecule has 0 bridgehead atoms. The molecule has 0 saturated heterocycles. The third kappa shape index (κ3) is 13.6. The molecule has 0 amide bonds. The smallest absolute Gasteiger partial charge is 0.414 e. The number of hydrogen-bond donors (Lipinski definition) is 4. The Balaban J connectivity index is 0.000000972. The summed E-state index contributed by atoms with van der Waals surface area (Å²) in [4.78, 5) is 20.3. The molecule has 0 aliphatic heterocycles. The zero-order valence-corrected chi connectivity index (χ0v) is 16.1. The summed E-state index contributed by atoms with van der Waals surface area (Å²) in [5.74, 6) is -2.83. The van der Waals surface area contributed by atoms with E-state index in [0.717, 1.165) is 30.8 Å². The molecule has 9 heteroatoms. The zero-order valence-electron chi connectivity index (χ0n) is 16.1. The summed E-state index contributed by atoms with van der Waals surface area (Å²) in [6.07, 6.45) is 0.584. The minimum absolute atomic E-state index is 0.318. The number of carboxylic acids is 2. The molecule has 1 aromatic rings. The molecule has 0 fully saturated rings. The highest BCUT2D eigenvalue weighted by Gasteiger charge is 2.06. The lowest BCUT2D eigenvalue weighted by molar-refractivity contribution is -0.159. The van der Waals surface area contributed by atoms with Crippen molar-refractivity contribution in [3.63, 3.8) is 0 Å². The molecule has 1 rings (SSSR count). The number of rotatable bonds is 11. The molecule has 0 aliphatic carbocycles. The van der Waals surface area contributed by atoms with E-state index in [2.05, 4.69) is 24.3 Å².